The second-order valence-corrected chi connectivity index (χ2v) is 3.15. The minimum absolute atomic E-state index is 0.210. The van der Waals surface area contributed by atoms with Gasteiger partial charge in [-0.15, -0.1) is 0 Å². The highest BCUT2D eigenvalue weighted by molar-refractivity contribution is 5.83. The zero-order chi connectivity index (χ0) is 10.4. The third-order valence-electron chi connectivity index (χ3n) is 2.04. The summed E-state index contributed by atoms with van der Waals surface area (Å²) < 4.78 is 5.70. The number of hydrogen-bond donors (Lipinski definition) is 1. The molecule has 0 aromatic heterocycles. The lowest BCUT2D eigenvalue weighted by Gasteiger charge is -2.14. The molecule has 1 atom stereocenters. The van der Waals surface area contributed by atoms with E-state index in [9.17, 15) is 0 Å². The summed E-state index contributed by atoms with van der Waals surface area (Å²) in [6.45, 7) is 4.13. The van der Waals surface area contributed by atoms with Crippen molar-refractivity contribution in [2.75, 3.05) is 0 Å². The molecule has 0 aliphatic rings. The first-order chi connectivity index (χ1) is 6.77. The third-order valence-corrected chi connectivity index (χ3v) is 2.04. The maximum absolute atomic E-state index is 5.70. The third kappa shape index (κ3) is 2.76. The number of nitrogens with zero attached hydrogens (tertiary/aromatic N) is 1. The Kier molecular flexibility index (Phi) is 3.98. The minimum Gasteiger partial charge on any atom is -0.490 e. The summed E-state index contributed by atoms with van der Waals surface area (Å²) >= 11 is 0. The van der Waals surface area contributed by atoms with Crippen LogP contribution >= 0.6 is 0 Å². The Morgan fingerprint density at radius 1 is 1.50 bits per heavy atom. The Morgan fingerprint density at radius 2 is 2.21 bits per heavy atom. The standard InChI is InChI=1S/C11H16N2O/c1-3-9(2)14-11-7-5-4-6-10(11)8-13-12/h4-9H,3,12H2,1-2H3. The van der Waals surface area contributed by atoms with Crippen molar-refractivity contribution in [3.8, 4) is 5.75 Å². The van der Waals surface area contributed by atoms with Gasteiger partial charge >= 0.3 is 0 Å². The molecule has 1 aromatic rings. The molecule has 76 valence electrons. The fourth-order valence-corrected chi connectivity index (χ4v) is 1.07. The zero-order valence-electron chi connectivity index (χ0n) is 8.60. The van der Waals surface area contributed by atoms with Gasteiger partial charge in [-0.3, -0.25) is 0 Å². The Balaban J connectivity index is 2.84. The van der Waals surface area contributed by atoms with E-state index in [4.69, 9.17) is 10.6 Å². The molecule has 14 heavy (non-hydrogen) atoms. The van der Waals surface area contributed by atoms with Gasteiger partial charge in [0.1, 0.15) is 5.75 Å². The quantitative estimate of drug-likeness (QED) is 0.451. The van der Waals surface area contributed by atoms with Crippen LogP contribution in [0.5, 0.6) is 5.75 Å². The van der Waals surface area contributed by atoms with Crippen LogP contribution in [0.3, 0.4) is 0 Å². The molecule has 0 aliphatic carbocycles. The summed E-state index contributed by atoms with van der Waals surface area (Å²) in [5, 5.41) is 3.49. The first-order valence-corrected chi connectivity index (χ1v) is 4.76. The monoisotopic (exact) mass is 192 g/mol. The van der Waals surface area contributed by atoms with Crippen LogP contribution in [-0.2, 0) is 0 Å². The summed E-state index contributed by atoms with van der Waals surface area (Å²) in [6.07, 6.45) is 2.79. The van der Waals surface area contributed by atoms with E-state index in [1.54, 1.807) is 6.21 Å². The Labute approximate surface area is 84.6 Å². The highest BCUT2D eigenvalue weighted by Crippen LogP contribution is 2.17. The van der Waals surface area contributed by atoms with E-state index in [0.717, 1.165) is 17.7 Å². The molecule has 0 bridgehead atoms. The summed E-state index contributed by atoms with van der Waals surface area (Å²) in [5.74, 6) is 5.94. The first kappa shape index (κ1) is 10.6. The maximum atomic E-state index is 5.70. The maximum Gasteiger partial charge on any atom is 0.128 e. The van der Waals surface area contributed by atoms with Gasteiger partial charge in [0.25, 0.3) is 0 Å². The lowest BCUT2D eigenvalue weighted by atomic mass is 10.2. The highest BCUT2D eigenvalue weighted by atomic mass is 16.5. The second kappa shape index (κ2) is 5.27. The number of ether oxygens (including phenoxy) is 1. The van der Waals surface area contributed by atoms with Crippen LogP contribution in [0.4, 0.5) is 0 Å². The smallest absolute Gasteiger partial charge is 0.128 e. The number of benzene rings is 1. The van der Waals surface area contributed by atoms with Gasteiger partial charge in [0, 0.05) is 5.56 Å². The number of nitrogens with two attached hydrogens (primary N) is 1. The molecule has 1 unspecified atom stereocenters. The van der Waals surface area contributed by atoms with Crippen molar-refractivity contribution in [3.05, 3.63) is 29.8 Å². The van der Waals surface area contributed by atoms with Crippen molar-refractivity contribution >= 4 is 6.21 Å². The number of hydrazone groups is 1. The topological polar surface area (TPSA) is 47.6 Å². The normalized spacial score (nSPS) is 13.0. The zero-order valence-corrected chi connectivity index (χ0v) is 8.60. The van der Waals surface area contributed by atoms with Gasteiger partial charge in [0.05, 0.1) is 12.3 Å². The lowest BCUT2D eigenvalue weighted by Crippen LogP contribution is -2.11. The number of rotatable bonds is 4. The second-order valence-electron chi connectivity index (χ2n) is 3.15. The molecular formula is C11H16N2O. The van der Waals surface area contributed by atoms with Crippen LogP contribution in [0.2, 0.25) is 0 Å². The molecule has 3 heteroatoms. The van der Waals surface area contributed by atoms with Gasteiger partial charge < -0.3 is 10.6 Å². The average molecular weight is 192 g/mol. The number of hydrogen-bond acceptors (Lipinski definition) is 3. The Hall–Kier alpha value is -1.51. The molecule has 3 nitrogen and oxygen atoms in total. The molecule has 0 amide bonds. The van der Waals surface area contributed by atoms with Crippen LogP contribution in [0, 0.1) is 0 Å². The first-order valence-electron chi connectivity index (χ1n) is 4.76. The van der Waals surface area contributed by atoms with Gasteiger partial charge in [-0.1, -0.05) is 19.1 Å². The molecule has 0 fully saturated rings. The van der Waals surface area contributed by atoms with Gasteiger partial charge in [-0.2, -0.15) is 5.10 Å². The van der Waals surface area contributed by atoms with Gasteiger partial charge in [0.15, 0.2) is 0 Å². The number of para-hydroxylation sites is 1. The van der Waals surface area contributed by atoms with Gasteiger partial charge in [-0.25, -0.2) is 0 Å². The predicted octanol–water partition coefficient (Wildman–Crippen LogP) is 2.16. The summed E-state index contributed by atoms with van der Waals surface area (Å²) in [4.78, 5) is 0. The molecule has 0 aliphatic heterocycles. The van der Waals surface area contributed by atoms with Crippen molar-refractivity contribution in [3.63, 3.8) is 0 Å². The molecule has 0 spiro atoms. The van der Waals surface area contributed by atoms with E-state index in [1.165, 1.54) is 0 Å². The van der Waals surface area contributed by atoms with Crippen molar-refractivity contribution in [1.82, 2.24) is 0 Å². The van der Waals surface area contributed by atoms with E-state index < -0.39 is 0 Å². The van der Waals surface area contributed by atoms with E-state index in [0.29, 0.717) is 0 Å². The summed E-state index contributed by atoms with van der Waals surface area (Å²) in [7, 11) is 0. The predicted molar refractivity (Wildman–Crippen MR) is 58.6 cm³/mol. The fraction of sp³-hybridized carbons (Fsp3) is 0.364. The molecule has 1 aromatic carbocycles. The van der Waals surface area contributed by atoms with E-state index >= 15 is 0 Å². The van der Waals surface area contributed by atoms with E-state index in [-0.39, 0.29) is 6.10 Å². The van der Waals surface area contributed by atoms with Crippen molar-refractivity contribution in [1.29, 1.82) is 0 Å². The van der Waals surface area contributed by atoms with Gasteiger partial charge in [0.2, 0.25) is 0 Å². The fourth-order valence-electron chi connectivity index (χ4n) is 1.07. The molecule has 0 saturated carbocycles. The van der Waals surface area contributed by atoms with Crippen molar-refractivity contribution < 1.29 is 4.74 Å². The molecule has 0 saturated heterocycles. The molecular weight excluding hydrogens is 176 g/mol. The minimum atomic E-state index is 0.210. The lowest BCUT2D eigenvalue weighted by molar-refractivity contribution is 0.217. The van der Waals surface area contributed by atoms with E-state index in [2.05, 4.69) is 12.0 Å². The van der Waals surface area contributed by atoms with Crippen molar-refractivity contribution in [2.45, 2.75) is 26.4 Å². The van der Waals surface area contributed by atoms with Crippen LogP contribution in [-0.4, -0.2) is 12.3 Å². The van der Waals surface area contributed by atoms with E-state index in [1.807, 2.05) is 31.2 Å². The summed E-state index contributed by atoms with van der Waals surface area (Å²) in [6, 6.07) is 7.71. The largest absolute Gasteiger partial charge is 0.490 e. The molecule has 0 radical (unpaired) electrons. The molecule has 1 rings (SSSR count). The Bertz CT molecular complexity index is 310. The average Bonchev–Trinajstić information content (AvgIpc) is 2.21. The highest BCUT2D eigenvalue weighted by Gasteiger charge is 2.04. The van der Waals surface area contributed by atoms with Crippen LogP contribution in [0.25, 0.3) is 0 Å². The van der Waals surface area contributed by atoms with Crippen LogP contribution in [0.1, 0.15) is 25.8 Å². The van der Waals surface area contributed by atoms with Crippen molar-refractivity contribution in [2.24, 2.45) is 10.9 Å². The Morgan fingerprint density at radius 3 is 2.86 bits per heavy atom. The molecule has 0 heterocycles. The SMILES string of the molecule is CCC(C)Oc1ccccc1C=NN. The summed E-state index contributed by atoms with van der Waals surface area (Å²) in [5.41, 5.74) is 0.912. The molecule has 2 N–H and O–H groups in total. The van der Waals surface area contributed by atoms with Crippen LogP contribution in [0.15, 0.2) is 29.4 Å². The van der Waals surface area contributed by atoms with Gasteiger partial charge in [-0.05, 0) is 25.5 Å². The van der Waals surface area contributed by atoms with Crippen LogP contribution < -0.4 is 10.6 Å².